The summed E-state index contributed by atoms with van der Waals surface area (Å²) in [4.78, 5) is 46.7. The van der Waals surface area contributed by atoms with E-state index in [0.29, 0.717) is 5.69 Å². The molecule has 0 aromatic heterocycles. The first-order chi connectivity index (χ1) is 13.7. The van der Waals surface area contributed by atoms with Crippen LogP contribution >= 0.6 is 0 Å². The summed E-state index contributed by atoms with van der Waals surface area (Å²) < 4.78 is 4.99. The normalized spacial score (nSPS) is 11.3. The minimum Gasteiger partial charge on any atom is -0.449 e. The van der Waals surface area contributed by atoms with Gasteiger partial charge in [0.1, 0.15) is 5.56 Å². The van der Waals surface area contributed by atoms with E-state index in [1.165, 1.54) is 31.2 Å². The highest BCUT2D eigenvalue weighted by atomic mass is 16.6. The molecule has 0 aliphatic heterocycles. The molecule has 0 radical (unpaired) electrons. The van der Waals surface area contributed by atoms with Crippen molar-refractivity contribution in [2.45, 2.75) is 26.9 Å². The standard InChI is InChI=1S/C20H21N3O6/c1-12-7-6-8-13(2)18(12)22-17(24)11-21-19(25)14(3)29-20(26)15-9-4-5-10-16(15)23(27)28/h4-10,14H,11H2,1-3H3,(H,21,25)(H,22,24). The van der Waals surface area contributed by atoms with Crippen LogP contribution < -0.4 is 10.6 Å². The van der Waals surface area contributed by atoms with Crippen LogP contribution in [0.3, 0.4) is 0 Å². The Labute approximate surface area is 167 Å². The Morgan fingerprint density at radius 2 is 1.69 bits per heavy atom. The first-order valence-electron chi connectivity index (χ1n) is 8.79. The maximum Gasteiger partial charge on any atom is 0.345 e. The molecule has 0 saturated carbocycles. The lowest BCUT2D eigenvalue weighted by molar-refractivity contribution is -0.385. The number of nitro groups is 1. The summed E-state index contributed by atoms with van der Waals surface area (Å²) in [5, 5.41) is 16.1. The highest BCUT2D eigenvalue weighted by Gasteiger charge is 2.25. The summed E-state index contributed by atoms with van der Waals surface area (Å²) in [5.74, 6) is -2.14. The van der Waals surface area contributed by atoms with Crippen molar-refractivity contribution in [1.29, 1.82) is 0 Å². The molecule has 2 N–H and O–H groups in total. The minimum atomic E-state index is -1.24. The molecule has 0 aliphatic rings. The molecule has 2 rings (SSSR count). The van der Waals surface area contributed by atoms with Gasteiger partial charge in [0.05, 0.1) is 11.5 Å². The second-order valence-electron chi connectivity index (χ2n) is 6.35. The fraction of sp³-hybridized carbons (Fsp3) is 0.250. The van der Waals surface area contributed by atoms with Crippen LogP contribution in [0.25, 0.3) is 0 Å². The van der Waals surface area contributed by atoms with Crippen molar-refractivity contribution in [3.05, 3.63) is 69.3 Å². The van der Waals surface area contributed by atoms with Gasteiger partial charge in [-0.3, -0.25) is 19.7 Å². The van der Waals surface area contributed by atoms with Crippen molar-refractivity contribution in [3.8, 4) is 0 Å². The summed E-state index contributed by atoms with van der Waals surface area (Å²) >= 11 is 0. The predicted molar refractivity (Wildman–Crippen MR) is 106 cm³/mol. The van der Waals surface area contributed by atoms with Crippen molar-refractivity contribution in [2.75, 3.05) is 11.9 Å². The van der Waals surface area contributed by atoms with Gasteiger partial charge in [0.15, 0.2) is 6.10 Å². The summed E-state index contributed by atoms with van der Waals surface area (Å²) in [5.41, 5.74) is 1.76. The van der Waals surface area contributed by atoms with E-state index in [4.69, 9.17) is 4.74 Å². The molecule has 0 aliphatic carbocycles. The number of carbonyl (C=O) groups is 3. The Bertz CT molecular complexity index is 937. The second kappa shape index (κ2) is 9.45. The molecule has 9 nitrogen and oxygen atoms in total. The van der Waals surface area contributed by atoms with Gasteiger partial charge in [-0.05, 0) is 38.0 Å². The summed E-state index contributed by atoms with van der Waals surface area (Å²) in [6.07, 6.45) is -1.24. The number of anilines is 1. The molecule has 0 heterocycles. The van der Waals surface area contributed by atoms with Gasteiger partial charge in [-0.15, -0.1) is 0 Å². The molecular weight excluding hydrogens is 378 g/mol. The van der Waals surface area contributed by atoms with Gasteiger partial charge in [-0.25, -0.2) is 4.79 Å². The monoisotopic (exact) mass is 399 g/mol. The van der Waals surface area contributed by atoms with E-state index in [0.717, 1.165) is 11.1 Å². The van der Waals surface area contributed by atoms with Crippen molar-refractivity contribution >= 4 is 29.2 Å². The molecule has 9 heteroatoms. The molecule has 1 atom stereocenters. The van der Waals surface area contributed by atoms with E-state index in [-0.39, 0.29) is 12.1 Å². The lowest BCUT2D eigenvalue weighted by atomic mass is 10.1. The number of benzene rings is 2. The van der Waals surface area contributed by atoms with Crippen LogP contribution in [0.4, 0.5) is 11.4 Å². The molecular formula is C20H21N3O6. The van der Waals surface area contributed by atoms with Crippen molar-refractivity contribution in [3.63, 3.8) is 0 Å². The highest BCUT2D eigenvalue weighted by molar-refractivity contribution is 5.98. The average molecular weight is 399 g/mol. The Hall–Kier alpha value is -3.75. The molecule has 0 spiro atoms. The predicted octanol–water partition coefficient (Wildman–Crippen LogP) is 2.51. The van der Waals surface area contributed by atoms with Gasteiger partial charge in [0, 0.05) is 11.8 Å². The molecule has 29 heavy (non-hydrogen) atoms. The molecule has 1 unspecified atom stereocenters. The fourth-order valence-corrected chi connectivity index (χ4v) is 2.59. The van der Waals surface area contributed by atoms with Crippen molar-refractivity contribution in [1.82, 2.24) is 5.32 Å². The first-order valence-corrected chi connectivity index (χ1v) is 8.79. The zero-order valence-electron chi connectivity index (χ0n) is 16.2. The Kier molecular flexibility index (Phi) is 7.02. The number of nitrogens with zero attached hydrogens (tertiary/aromatic N) is 1. The van der Waals surface area contributed by atoms with Crippen LogP contribution in [-0.2, 0) is 14.3 Å². The molecule has 2 aromatic carbocycles. The zero-order valence-corrected chi connectivity index (χ0v) is 16.2. The van der Waals surface area contributed by atoms with E-state index in [1.807, 2.05) is 32.0 Å². The van der Waals surface area contributed by atoms with Crippen LogP contribution in [0.5, 0.6) is 0 Å². The fourth-order valence-electron chi connectivity index (χ4n) is 2.59. The van der Waals surface area contributed by atoms with E-state index < -0.39 is 34.5 Å². The molecule has 2 aromatic rings. The van der Waals surface area contributed by atoms with Gasteiger partial charge in [-0.2, -0.15) is 0 Å². The summed E-state index contributed by atoms with van der Waals surface area (Å²) in [7, 11) is 0. The lowest BCUT2D eigenvalue weighted by Gasteiger charge is -2.15. The molecule has 2 amide bonds. The van der Waals surface area contributed by atoms with E-state index in [1.54, 1.807) is 0 Å². The zero-order chi connectivity index (χ0) is 21.6. The Balaban J connectivity index is 1.92. The second-order valence-corrected chi connectivity index (χ2v) is 6.35. The van der Waals surface area contributed by atoms with Crippen molar-refractivity contribution in [2.24, 2.45) is 0 Å². The lowest BCUT2D eigenvalue weighted by Crippen LogP contribution is -2.40. The number of para-hydroxylation sites is 2. The number of carbonyl (C=O) groups excluding carboxylic acids is 3. The number of nitro benzene ring substituents is 1. The molecule has 0 saturated heterocycles. The Morgan fingerprint density at radius 3 is 2.31 bits per heavy atom. The van der Waals surface area contributed by atoms with Crippen LogP contribution in [0, 0.1) is 24.0 Å². The third-order valence-corrected chi connectivity index (χ3v) is 4.14. The van der Waals surface area contributed by atoms with Gasteiger partial charge in [0.25, 0.3) is 11.6 Å². The minimum absolute atomic E-state index is 0.259. The number of amides is 2. The molecule has 0 fully saturated rings. The molecule has 152 valence electrons. The Morgan fingerprint density at radius 1 is 1.07 bits per heavy atom. The van der Waals surface area contributed by atoms with Gasteiger partial charge in [-0.1, -0.05) is 30.3 Å². The largest absolute Gasteiger partial charge is 0.449 e. The number of nitrogens with one attached hydrogen (secondary N) is 2. The van der Waals surface area contributed by atoms with Gasteiger partial charge in [0.2, 0.25) is 5.91 Å². The smallest absolute Gasteiger partial charge is 0.345 e. The van der Waals surface area contributed by atoms with Crippen LogP contribution in [0.15, 0.2) is 42.5 Å². The highest BCUT2D eigenvalue weighted by Crippen LogP contribution is 2.20. The summed E-state index contributed by atoms with van der Waals surface area (Å²) in [6.45, 7) is 4.70. The van der Waals surface area contributed by atoms with Crippen molar-refractivity contribution < 1.29 is 24.0 Å². The van der Waals surface area contributed by atoms with Crippen LogP contribution in [0.1, 0.15) is 28.4 Å². The van der Waals surface area contributed by atoms with E-state index in [9.17, 15) is 24.5 Å². The average Bonchev–Trinajstić information content (AvgIpc) is 2.68. The maximum absolute atomic E-state index is 12.2. The molecule has 0 bridgehead atoms. The van der Waals surface area contributed by atoms with Gasteiger partial charge >= 0.3 is 5.97 Å². The number of hydrogen-bond donors (Lipinski definition) is 2. The van der Waals surface area contributed by atoms with Crippen LogP contribution in [-0.4, -0.2) is 35.4 Å². The number of ether oxygens (including phenoxy) is 1. The van der Waals surface area contributed by atoms with E-state index in [2.05, 4.69) is 10.6 Å². The third kappa shape index (κ3) is 5.61. The quantitative estimate of drug-likeness (QED) is 0.418. The van der Waals surface area contributed by atoms with Crippen LogP contribution in [0.2, 0.25) is 0 Å². The number of esters is 1. The SMILES string of the molecule is Cc1cccc(C)c1NC(=O)CNC(=O)C(C)OC(=O)c1ccccc1[N+](=O)[O-]. The number of hydrogen-bond acceptors (Lipinski definition) is 6. The van der Waals surface area contributed by atoms with Gasteiger partial charge < -0.3 is 15.4 Å². The van der Waals surface area contributed by atoms with E-state index >= 15 is 0 Å². The first kappa shape index (κ1) is 21.5. The number of aryl methyl sites for hydroxylation is 2. The number of rotatable bonds is 7. The maximum atomic E-state index is 12.2. The topological polar surface area (TPSA) is 128 Å². The third-order valence-electron chi connectivity index (χ3n) is 4.14. The summed E-state index contributed by atoms with van der Waals surface area (Å²) in [6, 6.07) is 10.8.